The molecule has 1 nitrogen and oxygen atoms in total. The second-order valence-electron chi connectivity index (χ2n) is 2.98. The lowest BCUT2D eigenvalue weighted by molar-refractivity contribution is 0.402. The molecule has 0 N–H and O–H groups in total. The van der Waals surface area contributed by atoms with Crippen LogP contribution < -0.4 is 0 Å². The minimum absolute atomic E-state index is 0.645. The molecule has 0 bridgehead atoms. The Balaban J connectivity index is 2.38. The van der Waals surface area contributed by atoms with Crippen LogP contribution in [0.2, 0.25) is 0 Å². The van der Waals surface area contributed by atoms with Gasteiger partial charge in [-0.2, -0.15) is 0 Å². The number of nitrogens with zero attached hydrogens (tertiary/aromatic N) is 1. The first-order chi connectivity index (χ1) is 4.84. The van der Waals surface area contributed by atoms with Gasteiger partial charge in [0.2, 0.25) is 0 Å². The third-order valence-corrected chi connectivity index (χ3v) is 2.28. The molecular weight excluding hydrogens is 122 g/mol. The molecule has 0 saturated heterocycles. The van der Waals surface area contributed by atoms with E-state index in [0.717, 1.165) is 5.70 Å². The number of aliphatic imine (C=N–C) groups is 1. The van der Waals surface area contributed by atoms with Gasteiger partial charge in [0.25, 0.3) is 0 Å². The predicted octanol–water partition coefficient (Wildman–Crippen LogP) is 2.78. The van der Waals surface area contributed by atoms with Gasteiger partial charge in [-0.05, 0) is 19.6 Å². The molecule has 1 aliphatic carbocycles. The van der Waals surface area contributed by atoms with E-state index < -0.39 is 0 Å². The van der Waals surface area contributed by atoms with Crippen LogP contribution in [-0.2, 0) is 0 Å². The summed E-state index contributed by atoms with van der Waals surface area (Å²) in [6.07, 6.45) is 6.63. The topological polar surface area (TPSA) is 12.4 Å². The molecule has 1 fully saturated rings. The lowest BCUT2D eigenvalue weighted by Gasteiger charge is -2.20. The van der Waals surface area contributed by atoms with Crippen LogP contribution in [0.1, 0.15) is 32.1 Å². The van der Waals surface area contributed by atoms with Crippen molar-refractivity contribution < 1.29 is 0 Å². The van der Waals surface area contributed by atoms with Crippen molar-refractivity contribution >= 4 is 6.72 Å². The van der Waals surface area contributed by atoms with E-state index in [4.69, 9.17) is 0 Å². The van der Waals surface area contributed by atoms with Crippen molar-refractivity contribution in [2.75, 3.05) is 0 Å². The number of hydrogen-bond donors (Lipinski definition) is 0. The highest BCUT2D eigenvalue weighted by molar-refractivity contribution is 5.28. The highest BCUT2D eigenvalue weighted by atomic mass is 14.7. The largest absolute Gasteiger partial charge is 0.269 e. The van der Waals surface area contributed by atoms with E-state index in [1.807, 2.05) is 0 Å². The van der Waals surface area contributed by atoms with Crippen LogP contribution in [0, 0.1) is 5.92 Å². The van der Waals surface area contributed by atoms with Crippen molar-refractivity contribution in [3.8, 4) is 0 Å². The molecular formula is C9H15N. The van der Waals surface area contributed by atoms with Crippen LogP contribution in [0.25, 0.3) is 0 Å². The SMILES string of the molecule is C=NC(=C)C1CCCCC1. The highest BCUT2D eigenvalue weighted by Crippen LogP contribution is 2.28. The lowest BCUT2D eigenvalue weighted by Crippen LogP contribution is -2.06. The molecule has 0 unspecified atom stereocenters. The molecule has 1 aliphatic rings. The molecule has 0 aromatic rings. The number of allylic oxidation sites excluding steroid dienone is 1. The fourth-order valence-corrected chi connectivity index (χ4v) is 1.56. The van der Waals surface area contributed by atoms with Crippen molar-refractivity contribution in [1.29, 1.82) is 0 Å². The Kier molecular flexibility index (Phi) is 2.67. The molecule has 1 rings (SSSR count). The summed E-state index contributed by atoms with van der Waals surface area (Å²) in [6, 6.07) is 0. The maximum atomic E-state index is 3.87. The van der Waals surface area contributed by atoms with Crippen LogP contribution in [0.4, 0.5) is 0 Å². The first kappa shape index (κ1) is 7.52. The maximum absolute atomic E-state index is 3.87. The van der Waals surface area contributed by atoms with Gasteiger partial charge in [-0.15, -0.1) is 0 Å². The number of hydrogen-bond acceptors (Lipinski definition) is 1. The molecule has 0 atom stereocenters. The van der Waals surface area contributed by atoms with E-state index in [0.29, 0.717) is 5.92 Å². The summed E-state index contributed by atoms with van der Waals surface area (Å²) in [6.45, 7) is 7.35. The summed E-state index contributed by atoms with van der Waals surface area (Å²) in [5.41, 5.74) is 1.000. The summed E-state index contributed by atoms with van der Waals surface area (Å²) < 4.78 is 0. The highest BCUT2D eigenvalue weighted by Gasteiger charge is 2.14. The van der Waals surface area contributed by atoms with E-state index >= 15 is 0 Å². The van der Waals surface area contributed by atoms with Gasteiger partial charge in [-0.1, -0.05) is 25.8 Å². The molecule has 0 aromatic carbocycles. The smallest absolute Gasteiger partial charge is 0.0355 e. The molecule has 1 saturated carbocycles. The van der Waals surface area contributed by atoms with Gasteiger partial charge in [0.1, 0.15) is 0 Å². The Morgan fingerprint density at radius 3 is 2.30 bits per heavy atom. The van der Waals surface area contributed by atoms with Gasteiger partial charge >= 0.3 is 0 Å². The van der Waals surface area contributed by atoms with Gasteiger partial charge in [-0.3, -0.25) is 4.99 Å². The Bertz CT molecular complexity index is 132. The van der Waals surface area contributed by atoms with Gasteiger partial charge < -0.3 is 0 Å². The van der Waals surface area contributed by atoms with Crippen molar-refractivity contribution in [1.82, 2.24) is 0 Å². The zero-order chi connectivity index (χ0) is 7.40. The van der Waals surface area contributed by atoms with Crippen molar-refractivity contribution in [2.24, 2.45) is 10.9 Å². The molecule has 0 spiro atoms. The standard InChI is InChI=1S/C9H15N/c1-8(10-2)9-6-4-3-5-7-9/h9H,1-7H2. The average molecular weight is 137 g/mol. The van der Waals surface area contributed by atoms with E-state index in [1.54, 1.807) is 0 Å². The summed E-state index contributed by atoms with van der Waals surface area (Å²) in [4.78, 5) is 3.87. The third kappa shape index (κ3) is 1.69. The normalized spacial score (nSPS) is 20.4. The Labute approximate surface area is 62.9 Å². The second-order valence-corrected chi connectivity index (χ2v) is 2.98. The van der Waals surface area contributed by atoms with E-state index in [-0.39, 0.29) is 0 Å². The summed E-state index contributed by atoms with van der Waals surface area (Å²) in [5.74, 6) is 0.645. The summed E-state index contributed by atoms with van der Waals surface area (Å²) >= 11 is 0. The van der Waals surface area contributed by atoms with Crippen molar-refractivity contribution in [2.45, 2.75) is 32.1 Å². The van der Waals surface area contributed by atoms with E-state index in [9.17, 15) is 0 Å². The first-order valence-electron chi connectivity index (χ1n) is 4.00. The van der Waals surface area contributed by atoms with Gasteiger partial charge in [0.15, 0.2) is 0 Å². The molecule has 56 valence electrons. The van der Waals surface area contributed by atoms with Crippen LogP contribution in [0.5, 0.6) is 0 Å². The zero-order valence-electron chi connectivity index (χ0n) is 6.47. The maximum Gasteiger partial charge on any atom is 0.0355 e. The molecule has 0 aliphatic heterocycles. The fraction of sp³-hybridized carbons (Fsp3) is 0.667. The molecule has 0 radical (unpaired) electrons. The predicted molar refractivity (Wildman–Crippen MR) is 45.3 cm³/mol. The Morgan fingerprint density at radius 2 is 1.80 bits per heavy atom. The second kappa shape index (κ2) is 3.55. The first-order valence-corrected chi connectivity index (χ1v) is 4.00. The minimum atomic E-state index is 0.645. The summed E-state index contributed by atoms with van der Waals surface area (Å²) in [5, 5.41) is 0. The third-order valence-electron chi connectivity index (χ3n) is 2.28. The van der Waals surface area contributed by atoms with Gasteiger partial charge in [0.05, 0.1) is 0 Å². The van der Waals surface area contributed by atoms with Gasteiger partial charge in [-0.25, -0.2) is 0 Å². The van der Waals surface area contributed by atoms with Crippen LogP contribution in [0.3, 0.4) is 0 Å². The van der Waals surface area contributed by atoms with E-state index in [2.05, 4.69) is 18.3 Å². The molecule has 0 aromatic heterocycles. The summed E-state index contributed by atoms with van der Waals surface area (Å²) in [7, 11) is 0. The van der Waals surface area contributed by atoms with E-state index in [1.165, 1.54) is 32.1 Å². The van der Waals surface area contributed by atoms with Crippen LogP contribution in [0.15, 0.2) is 17.3 Å². The van der Waals surface area contributed by atoms with Crippen molar-refractivity contribution in [3.63, 3.8) is 0 Å². The quantitative estimate of drug-likeness (QED) is 0.519. The number of rotatable bonds is 2. The van der Waals surface area contributed by atoms with Crippen LogP contribution in [-0.4, -0.2) is 6.72 Å². The van der Waals surface area contributed by atoms with Crippen LogP contribution >= 0.6 is 0 Å². The Hall–Kier alpha value is -0.590. The van der Waals surface area contributed by atoms with Gasteiger partial charge in [0, 0.05) is 11.6 Å². The Morgan fingerprint density at radius 1 is 1.20 bits per heavy atom. The monoisotopic (exact) mass is 137 g/mol. The minimum Gasteiger partial charge on any atom is -0.269 e. The molecule has 10 heavy (non-hydrogen) atoms. The average Bonchev–Trinajstić information content (AvgIpc) is 2.05. The fourth-order valence-electron chi connectivity index (χ4n) is 1.56. The van der Waals surface area contributed by atoms with Crippen molar-refractivity contribution in [3.05, 3.63) is 12.3 Å². The lowest BCUT2D eigenvalue weighted by atomic mass is 9.87. The zero-order valence-corrected chi connectivity index (χ0v) is 6.47. The molecule has 0 amide bonds. The molecule has 0 heterocycles. The molecule has 1 heteroatoms.